The number of phenolic OH excluding ortho intramolecular Hbond substituents is 1. The van der Waals surface area contributed by atoms with E-state index in [2.05, 4.69) is 5.32 Å². The molecule has 2 heterocycles. The molecule has 1 aliphatic rings. The van der Waals surface area contributed by atoms with Gasteiger partial charge >= 0.3 is 11.7 Å². The lowest BCUT2D eigenvalue weighted by Gasteiger charge is -2.47. The van der Waals surface area contributed by atoms with Crippen LogP contribution in [0.3, 0.4) is 0 Å². The minimum Gasteiger partial charge on any atom is -0.508 e. The van der Waals surface area contributed by atoms with Crippen molar-refractivity contribution in [2.45, 2.75) is 65.1 Å². The molecular weight excluding hydrogens is 616 g/mol. The lowest BCUT2D eigenvalue weighted by molar-refractivity contribution is -0.290. The first-order valence-corrected chi connectivity index (χ1v) is 14.9. The molecule has 4 atom stereocenters. The molecular formula is C33H40N2O12. The third-order valence-corrected chi connectivity index (χ3v) is 7.89. The molecule has 2 amide bonds. The summed E-state index contributed by atoms with van der Waals surface area (Å²) in [6.45, 7) is 7.57. The summed E-state index contributed by atoms with van der Waals surface area (Å²) in [5, 5.41) is 43.4. The van der Waals surface area contributed by atoms with Crippen molar-refractivity contribution < 1.29 is 53.4 Å². The summed E-state index contributed by atoms with van der Waals surface area (Å²) >= 11 is 0. The van der Waals surface area contributed by atoms with E-state index in [1.165, 1.54) is 30.3 Å². The molecule has 0 aliphatic carbocycles. The first-order chi connectivity index (χ1) is 22.2. The van der Waals surface area contributed by atoms with Crippen molar-refractivity contribution in [1.29, 1.82) is 0 Å². The van der Waals surface area contributed by atoms with E-state index >= 15 is 0 Å². The molecule has 47 heavy (non-hydrogen) atoms. The molecule has 3 aromatic rings. The summed E-state index contributed by atoms with van der Waals surface area (Å²) in [5.74, 6) is -1.42. The molecule has 0 unspecified atom stereocenters. The van der Waals surface area contributed by atoms with E-state index in [9.17, 15) is 34.8 Å². The summed E-state index contributed by atoms with van der Waals surface area (Å²) in [5.41, 5.74) is 4.84. The van der Waals surface area contributed by atoms with Crippen LogP contribution in [-0.2, 0) is 15.9 Å². The number of aromatic hydroxyl groups is 1. The van der Waals surface area contributed by atoms with Crippen LogP contribution in [0.15, 0.2) is 51.2 Å². The number of fused-ring (bicyclic) bond motifs is 1. The molecule has 0 radical (unpaired) electrons. The number of nitrogens with one attached hydrogen (secondary N) is 1. The number of primary amides is 1. The smallest absolute Gasteiger partial charge is 0.404 e. The molecule has 1 aliphatic heterocycles. The van der Waals surface area contributed by atoms with Gasteiger partial charge in [0.2, 0.25) is 6.29 Å². The van der Waals surface area contributed by atoms with Gasteiger partial charge in [0.05, 0.1) is 30.1 Å². The number of ether oxygens (including phenoxy) is 4. The van der Waals surface area contributed by atoms with Gasteiger partial charge < -0.3 is 54.8 Å². The Kier molecular flexibility index (Phi) is 10.8. The van der Waals surface area contributed by atoms with Gasteiger partial charge in [-0.3, -0.25) is 4.79 Å². The van der Waals surface area contributed by atoms with Gasteiger partial charge in [-0.2, -0.15) is 0 Å². The van der Waals surface area contributed by atoms with Gasteiger partial charge in [0, 0.05) is 11.1 Å². The zero-order valence-electron chi connectivity index (χ0n) is 26.7. The minimum absolute atomic E-state index is 0.0172. The highest BCUT2D eigenvalue weighted by atomic mass is 16.7. The summed E-state index contributed by atoms with van der Waals surface area (Å²) in [7, 11) is 0. The summed E-state index contributed by atoms with van der Waals surface area (Å²) < 4.78 is 28.4. The van der Waals surface area contributed by atoms with E-state index in [4.69, 9.17) is 29.1 Å². The maximum absolute atomic E-state index is 13.3. The normalized spacial score (nSPS) is 20.3. The zero-order chi connectivity index (χ0) is 34.6. The molecule has 4 rings (SSSR count). The van der Waals surface area contributed by atoms with Crippen LogP contribution in [0.2, 0.25) is 0 Å². The number of nitrogens with two attached hydrogens (primary N) is 1. The van der Waals surface area contributed by atoms with Crippen molar-refractivity contribution >= 4 is 28.7 Å². The van der Waals surface area contributed by atoms with Gasteiger partial charge in [0.1, 0.15) is 29.8 Å². The van der Waals surface area contributed by atoms with Gasteiger partial charge in [-0.15, -0.1) is 0 Å². The van der Waals surface area contributed by atoms with Crippen LogP contribution in [0.1, 0.15) is 49.2 Å². The predicted molar refractivity (Wildman–Crippen MR) is 170 cm³/mol. The van der Waals surface area contributed by atoms with Crippen LogP contribution in [0.25, 0.3) is 11.0 Å². The first-order valence-electron chi connectivity index (χ1n) is 14.9. The Hall–Kier alpha value is -4.63. The van der Waals surface area contributed by atoms with E-state index < -0.39 is 60.9 Å². The SMILES string of the molecule is CC(C)=CCc1cc(C(=O)Nc2c(OCCO)c3ccc(O[C@@H]4OC(C)(C)[C@H](CO)[C@@H](OC(N)=O)[C@H]4O)c(C)c3oc2=O)ccc1O. The van der Waals surface area contributed by atoms with Gasteiger partial charge in [0.25, 0.3) is 5.91 Å². The fourth-order valence-electron chi connectivity index (χ4n) is 5.35. The molecule has 254 valence electrons. The van der Waals surface area contributed by atoms with Crippen molar-refractivity contribution in [3.05, 3.63) is 69.1 Å². The number of carbonyl (C=O) groups is 2. The van der Waals surface area contributed by atoms with Crippen molar-refractivity contribution in [1.82, 2.24) is 0 Å². The Morgan fingerprint density at radius 1 is 1.15 bits per heavy atom. The first kappa shape index (κ1) is 35.2. The van der Waals surface area contributed by atoms with Crippen LogP contribution in [0.5, 0.6) is 17.2 Å². The van der Waals surface area contributed by atoms with Crippen molar-refractivity contribution in [3.8, 4) is 17.2 Å². The molecule has 0 spiro atoms. The summed E-state index contributed by atoms with van der Waals surface area (Å²) in [4.78, 5) is 38.2. The number of aliphatic hydroxyl groups is 3. The van der Waals surface area contributed by atoms with E-state index in [1.54, 1.807) is 20.8 Å². The fraction of sp³-hybridized carbons (Fsp3) is 0.424. The van der Waals surface area contributed by atoms with Gasteiger partial charge in [-0.1, -0.05) is 11.6 Å². The largest absolute Gasteiger partial charge is 0.508 e. The van der Waals surface area contributed by atoms with Crippen LogP contribution in [0.4, 0.5) is 10.5 Å². The fourth-order valence-corrected chi connectivity index (χ4v) is 5.35. The van der Waals surface area contributed by atoms with Gasteiger partial charge in [0.15, 0.2) is 17.5 Å². The van der Waals surface area contributed by atoms with Crippen molar-refractivity contribution in [2.24, 2.45) is 11.7 Å². The molecule has 1 saturated heterocycles. The highest BCUT2D eigenvalue weighted by Gasteiger charge is 2.52. The predicted octanol–water partition coefficient (Wildman–Crippen LogP) is 2.89. The second-order valence-electron chi connectivity index (χ2n) is 11.9. The molecule has 1 aromatic heterocycles. The number of allylic oxidation sites excluding steroid dienone is 2. The molecule has 0 bridgehead atoms. The Morgan fingerprint density at radius 3 is 2.51 bits per heavy atom. The van der Waals surface area contributed by atoms with Crippen molar-refractivity contribution in [3.63, 3.8) is 0 Å². The number of hydrogen-bond acceptors (Lipinski definition) is 12. The van der Waals surface area contributed by atoms with Crippen LogP contribution in [0, 0.1) is 12.8 Å². The van der Waals surface area contributed by atoms with Gasteiger partial charge in [-0.25, -0.2) is 9.59 Å². The van der Waals surface area contributed by atoms with E-state index in [0.717, 1.165) is 5.57 Å². The Morgan fingerprint density at radius 2 is 1.87 bits per heavy atom. The number of phenols is 1. The molecule has 14 heteroatoms. The third-order valence-electron chi connectivity index (χ3n) is 7.89. The summed E-state index contributed by atoms with van der Waals surface area (Å²) in [6, 6.07) is 7.30. The highest BCUT2D eigenvalue weighted by molar-refractivity contribution is 6.06. The topological polar surface area (TPSA) is 220 Å². The molecule has 2 aromatic carbocycles. The van der Waals surface area contributed by atoms with Crippen LogP contribution >= 0.6 is 0 Å². The lowest BCUT2D eigenvalue weighted by atomic mass is 9.81. The lowest BCUT2D eigenvalue weighted by Crippen LogP contribution is -2.62. The number of hydrogen-bond donors (Lipinski definition) is 6. The summed E-state index contributed by atoms with van der Waals surface area (Å²) in [6.07, 6.45) is -3.07. The monoisotopic (exact) mass is 656 g/mol. The molecule has 14 nitrogen and oxygen atoms in total. The second-order valence-corrected chi connectivity index (χ2v) is 11.9. The second kappa shape index (κ2) is 14.4. The molecule has 1 fully saturated rings. The minimum atomic E-state index is -1.56. The quantitative estimate of drug-likeness (QED) is 0.130. The highest BCUT2D eigenvalue weighted by Crippen LogP contribution is 2.40. The van der Waals surface area contributed by atoms with E-state index in [0.29, 0.717) is 17.5 Å². The zero-order valence-corrected chi connectivity index (χ0v) is 26.7. The Balaban J connectivity index is 1.70. The Labute approximate surface area is 270 Å². The molecule has 0 saturated carbocycles. The van der Waals surface area contributed by atoms with Gasteiger partial charge in [-0.05, 0) is 76.9 Å². The number of amides is 2. The van der Waals surface area contributed by atoms with Crippen molar-refractivity contribution in [2.75, 3.05) is 25.1 Å². The Bertz CT molecular complexity index is 1730. The van der Waals surface area contributed by atoms with Crippen LogP contribution in [-0.4, -0.2) is 76.3 Å². The van der Waals surface area contributed by atoms with E-state index in [1.807, 2.05) is 19.9 Å². The van der Waals surface area contributed by atoms with E-state index in [-0.39, 0.29) is 46.1 Å². The number of benzene rings is 2. The standard InChI is InChI=1S/C33H40N2O12/c1-16(2)6-7-18-14-19(8-10-22(18)38)29(40)35-24-27(43-13-12-36)20-9-11-23(17(3)26(20)45-30(24)41)44-31-25(39)28(46-32(34)42)21(15-37)33(4,5)47-31/h6,8-11,14,21,25,28,31,36-39H,7,12-13,15H2,1-5H3,(H2,34,42)(H,35,40)/t21-,25-,28-,31-/m1/s1. The number of carbonyl (C=O) groups excluding carboxylic acids is 2. The van der Waals surface area contributed by atoms with Crippen LogP contribution < -0.4 is 26.1 Å². The number of aliphatic hydroxyl groups excluding tert-OH is 3. The average molecular weight is 657 g/mol. The number of anilines is 1. The average Bonchev–Trinajstić information content (AvgIpc) is 3.00. The number of rotatable bonds is 11. The maximum atomic E-state index is 13.3. The molecule has 7 N–H and O–H groups in total. The third kappa shape index (κ3) is 7.68. The maximum Gasteiger partial charge on any atom is 0.404 e. The number of aryl methyl sites for hydroxylation is 1.